The van der Waals surface area contributed by atoms with Gasteiger partial charge in [-0.15, -0.1) is 0 Å². The second-order valence-corrected chi connectivity index (χ2v) is 8.81. The highest BCUT2D eigenvalue weighted by Crippen LogP contribution is 2.32. The number of anilines is 1. The van der Waals surface area contributed by atoms with E-state index in [-0.39, 0.29) is 10.6 Å². The van der Waals surface area contributed by atoms with Gasteiger partial charge in [-0.1, -0.05) is 23.7 Å². The average Bonchev–Trinajstić information content (AvgIpc) is 3.37. The lowest BCUT2D eigenvalue weighted by molar-refractivity contribution is -0.384. The lowest BCUT2D eigenvalue weighted by atomic mass is 10.2. The number of aryl methyl sites for hydroxylation is 1. The number of aromatic nitrogens is 1. The first kappa shape index (κ1) is 23.3. The monoisotopic (exact) mass is 496 g/mol. The third-order valence-electron chi connectivity index (χ3n) is 4.98. The SMILES string of the molecule is Cc1ccc(NC(=O)CN2C(=O)S/C(=C/c3ccn(-c4cccc([N+](=O)[O-])c4)c3)C2=O)cc1Cl. The van der Waals surface area contributed by atoms with Gasteiger partial charge in [0.25, 0.3) is 16.8 Å². The molecule has 0 spiro atoms. The van der Waals surface area contributed by atoms with Gasteiger partial charge in [0.05, 0.1) is 15.5 Å². The van der Waals surface area contributed by atoms with E-state index in [1.54, 1.807) is 53.4 Å². The number of nitro groups is 1. The summed E-state index contributed by atoms with van der Waals surface area (Å²) in [5, 5.41) is 13.6. The number of halogens is 1. The van der Waals surface area contributed by atoms with E-state index in [0.29, 0.717) is 22.0 Å². The lowest BCUT2D eigenvalue weighted by Crippen LogP contribution is -2.36. The Bertz CT molecular complexity index is 1370. The molecular weight excluding hydrogens is 480 g/mol. The van der Waals surface area contributed by atoms with Crippen LogP contribution in [-0.2, 0) is 9.59 Å². The van der Waals surface area contributed by atoms with Crippen LogP contribution in [0, 0.1) is 17.0 Å². The van der Waals surface area contributed by atoms with Crippen molar-refractivity contribution in [2.75, 3.05) is 11.9 Å². The average molecular weight is 497 g/mol. The van der Waals surface area contributed by atoms with E-state index in [1.807, 2.05) is 6.92 Å². The van der Waals surface area contributed by atoms with Crippen LogP contribution in [0.2, 0.25) is 5.02 Å². The Hall–Kier alpha value is -3.89. The van der Waals surface area contributed by atoms with Crippen LogP contribution in [0.4, 0.5) is 16.2 Å². The van der Waals surface area contributed by atoms with E-state index in [0.717, 1.165) is 22.2 Å². The number of carbonyl (C=O) groups excluding carboxylic acids is 3. The van der Waals surface area contributed by atoms with Gasteiger partial charge in [0.1, 0.15) is 6.54 Å². The van der Waals surface area contributed by atoms with Crippen molar-refractivity contribution in [1.29, 1.82) is 0 Å². The minimum Gasteiger partial charge on any atom is -0.324 e. The minimum absolute atomic E-state index is 0.0416. The molecule has 3 amide bonds. The van der Waals surface area contributed by atoms with Crippen LogP contribution in [0.5, 0.6) is 0 Å². The van der Waals surface area contributed by atoms with Crippen molar-refractivity contribution in [1.82, 2.24) is 9.47 Å². The molecule has 0 radical (unpaired) electrons. The molecule has 1 N–H and O–H groups in total. The number of amides is 3. The Morgan fingerprint density at radius 1 is 1.21 bits per heavy atom. The zero-order valence-electron chi connectivity index (χ0n) is 17.7. The summed E-state index contributed by atoms with van der Waals surface area (Å²) in [5.74, 6) is -1.10. The number of benzene rings is 2. The maximum Gasteiger partial charge on any atom is 0.294 e. The smallest absolute Gasteiger partial charge is 0.294 e. The topological polar surface area (TPSA) is 115 Å². The zero-order valence-corrected chi connectivity index (χ0v) is 19.3. The first-order valence-corrected chi connectivity index (χ1v) is 11.1. The zero-order chi connectivity index (χ0) is 24.4. The van der Waals surface area contributed by atoms with Crippen molar-refractivity contribution in [3.63, 3.8) is 0 Å². The van der Waals surface area contributed by atoms with Gasteiger partial charge in [0.2, 0.25) is 5.91 Å². The van der Waals surface area contributed by atoms with E-state index in [1.165, 1.54) is 18.2 Å². The maximum absolute atomic E-state index is 12.7. The number of non-ortho nitro benzene ring substituents is 1. The minimum atomic E-state index is -0.574. The standard InChI is InChI=1S/C23H17ClN4O5S/c1-14-5-6-16(10-19(14)24)25-21(29)13-27-22(30)20(34-23(27)31)9-15-7-8-26(12-15)17-3-2-4-18(11-17)28(32)33/h2-12H,13H2,1H3,(H,25,29)/b20-9+. The Balaban J connectivity index is 1.46. The van der Waals surface area contributed by atoms with Gasteiger partial charge in [-0.3, -0.25) is 29.4 Å². The molecule has 1 aromatic heterocycles. The quantitative estimate of drug-likeness (QED) is 0.291. The molecular formula is C23H17ClN4O5S. The molecule has 0 bridgehead atoms. The first-order chi connectivity index (χ1) is 16.2. The maximum atomic E-state index is 12.7. The van der Waals surface area contributed by atoms with Crippen LogP contribution in [-0.4, -0.2) is 38.0 Å². The number of thioether (sulfide) groups is 1. The summed E-state index contributed by atoms with van der Waals surface area (Å²) in [4.78, 5) is 49.0. The van der Waals surface area contributed by atoms with Crippen molar-refractivity contribution in [3.8, 4) is 5.69 Å². The third-order valence-corrected chi connectivity index (χ3v) is 6.30. The lowest BCUT2D eigenvalue weighted by Gasteiger charge is -2.12. The molecule has 2 aromatic carbocycles. The van der Waals surface area contributed by atoms with E-state index in [9.17, 15) is 24.5 Å². The molecule has 4 rings (SSSR count). The van der Waals surface area contributed by atoms with Gasteiger partial charge >= 0.3 is 0 Å². The van der Waals surface area contributed by atoms with E-state index < -0.39 is 28.5 Å². The largest absolute Gasteiger partial charge is 0.324 e. The number of nitro benzene ring substituents is 1. The van der Waals surface area contributed by atoms with Gasteiger partial charge < -0.3 is 9.88 Å². The number of rotatable bonds is 6. The number of hydrogen-bond acceptors (Lipinski definition) is 6. The van der Waals surface area contributed by atoms with Crippen molar-refractivity contribution in [2.45, 2.75) is 6.92 Å². The van der Waals surface area contributed by atoms with E-state index in [4.69, 9.17) is 11.6 Å². The molecule has 2 heterocycles. The molecule has 0 saturated carbocycles. The summed E-state index contributed by atoms with van der Waals surface area (Å²) >= 11 is 6.80. The second kappa shape index (κ2) is 9.54. The fourth-order valence-electron chi connectivity index (χ4n) is 3.23. The molecule has 0 atom stereocenters. The highest BCUT2D eigenvalue weighted by atomic mass is 35.5. The summed E-state index contributed by atoms with van der Waals surface area (Å²) in [5.41, 5.74) is 2.48. The number of imide groups is 1. The molecule has 3 aromatic rings. The Morgan fingerprint density at radius 3 is 2.74 bits per heavy atom. The summed E-state index contributed by atoms with van der Waals surface area (Å²) in [7, 11) is 0. The second-order valence-electron chi connectivity index (χ2n) is 7.41. The van der Waals surface area contributed by atoms with E-state index >= 15 is 0 Å². The summed E-state index contributed by atoms with van der Waals surface area (Å²) in [6.07, 6.45) is 4.91. The van der Waals surface area contributed by atoms with Gasteiger partial charge in [-0.2, -0.15) is 0 Å². The van der Waals surface area contributed by atoms with Crippen LogP contribution >= 0.6 is 23.4 Å². The summed E-state index contributed by atoms with van der Waals surface area (Å²) in [6, 6.07) is 12.8. The van der Waals surface area contributed by atoms with Crippen molar-refractivity contribution in [2.24, 2.45) is 0 Å². The fraction of sp³-hybridized carbons (Fsp3) is 0.0870. The molecule has 0 unspecified atom stereocenters. The number of carbonyl (C=O) groups is 3. The van der Waals surface area contributed by atoms with Gasteiger partial charge in [0.15, 0.2) is 0 Å². The number of nitrogens with zero attached hydrogens (tertiary/aromatic N) is 3. The Kier molecular flexibility index (Phi) is 6.53. The molecule has 34 heavy (non-hydrogen) atoms. The molecule has 1 saturated heterocycles. The Labute approximate surface area is 203 Å². The molecule has 1 aliphatic rings. The summed E-state index contributed by atoms with van der Waals surface area (Å²) in [6.45, 7) is 1.40. The van der Waals surface area contributed by atoms with Crippen LogP contribution in [0.25, 0.3) is 11.8 Å². The molecule has 0 aliphatic carbocycles. The molecule has 11 heteroatoms. The van der Waals surface area contributed by atoms with Crippen LogP contribution < -0.4 is 5.32 Å². The molecule has 172 valence electrons. The number of nitrogens with one attached hydrogen (secondary N) is 1. The van der Waals surface area contributed by atoms with Crippen LogP contribution in [0.1, 0.15) is 11.1 Å². The summed E-state index contributed by atoms with van der Waals surface area (Å²) < 4.78 is 1.67. The van der Waals surface area contributed by atoms with Crippen molar-refractivity contribution >= 4 is 57.9 Å². The predicted molar refractivity (Wildman–Crippen MR) is 130 cm³/mol. The van der Waals surface area contributed by atoms with Gasteiger partial charge in [-0.25, -0.2) is 0 Å². The van der Waals surface area contributed by atoms with Gasteiger partial charge in [-0.05, 0) is 60.2 Å². The fourth-order valence-corrected chi connectivity index (χ4v) is 4.25. The Morgan fingerprint density at radius 2 is 2.00 bits per heavy atom. The van der Waals surface area contributed by atoms with Crippen molar-refractivity contribution in [3.05, 3.63) is 92.1 Å². The van der Waals surface area contributed by atoms with E-state index in [2.05, 4.69) is 5.32 Å². The molecule has 1 fully saturated rings. The van der Waals surface area contributed by atoms with Crippen molar-refractivity contribution < 1.29 is 19.3 Å². The van der Waals surface area contributed by atoms with Gasteiger partial charge in [0, 0.05) is 35.2 Å². The predicted octanol–water partition coefficient (Wildman–Crippen LogP) is 5.02. The van der Waals surface area contributed by atoms with Crippen LogP contribution in [0.3, 0.4) is 0 Å². The molecule has 1 aliphatic heterocycles. The molecule has 9 nitrogen and oxygen atoms in total. The number of hydrogen-bond donors (Lipinski definition) is 1. The highest BCUT2D eigenvalue weighted by molar-refractivity contribution is 8.18. The first-order valence-electron chi connectivity index (χ1n) is 9.95. The highest BCUT2D eigenvalue weighted by Gasteiger charge is 2.36. The normalized spacial score (nSPS) is 14.6. The van der Waals surface area contributed by atoms with Crippen LogP contribution in [0.15, 0.2) is 65.8 Å². The third kappa shape index (κ3) is 5.03.